The van der Waals surface area contributed by atoms with Gasteiger partial charge in [-0.1, -0.05) is 39.0 Å². The second kappa shape index (κ2) is 12.9. The van der Waals surface area contributed by atoms with Crippen molar-refractivity contribution in [2.24, 2.45) is 23.7 Å². The van der Waals surface area contributed by atoms with E-state index in [9.17, 15) is 24.9 Å². The maximum atomic E-state index is 10.5. The van der Waals surface area contributed by atoms with Gasteiger partial charge in [0.15, 0.2) is 0 Å². The molecule has 0 spiro atoms. The smallest absolute Gasteiger partial charge is 0.306 e. The second-order valence-corrected chi connectivity index (χ2v) is 8.67. The van der Waals surface area contributed by atoms with Crippen molar-refractivity contribution in [2.45, 2.75) is 84.0 Å². The van der Waals surface area contributed by atoms with E-state index in [1.807, 2.05) is 13.0 Å². The minimum absolute atomic E-state index is 0.106. The van der Waals surface area contributed by atoms with E-state index in [2.05, 4.69) is 19.1 Å². The standard InChI is InChI=1S/C18H28O5.C5H10O2/c1-11-2-3-12-8-13(19)5-7-17(12)16(11)6-4-14(20)9-15(21)10-18(22)23;1-3-4(2)5(6)7/h2-3,8,11,13-17,19-21H,4-7,9-10H2,1H3,(H,22,23);4H,3H2,1-2H3,(H,6,7)/t11-,13?,14?,15+,16?,17?;/m0./s1. The monoisotopic (exact) mass is 426 g/mol. The molecule has 7 heteroatoms. The second-order valence-electron chi connectivity index (χ2n) is 8.67. The van der Waals surface area contributed by atoms with Crippen molar-refractivity contribution < 1.29 is 35.1 Å². The summed E-state index contributed by atoms with van der Waals surface area (Å²) < 4.78 is 0. The fraction of sp³-hybridized carbons (Fsp3) is 0.739. The molecule has 0 saturated heterocycles. The Morgan fingerprint density at radius 2 is 1.83 bits per heavy atom. The summed E-state index contributed by atoms with van der Waals surface area (Å²) in [6, 6.07) is 0. The molecule has 0 heterocycles. The third kappa shape index (κ3) is 8.98. The van der Waals surface area contributed by atoms with Crippen molar-refractivity contribution in [1.82, 2.24) is 0 Å². The molecule has 0 saturated carbocycles. The van der Waals surface area contributed by atoms with E-state index < -0.39 is 24.1 Å². The first-order chi connectivity index (χ1) is 14.0. The maximum Gasteiger partial charge on any atom is 0.306 e. The average Bonchev–Trinajstić information content (AvgIpc) is 2.66. The molecule has 30 heavy (non-hydrogen) atoms. The Morgan fingerprint density at radius 3 is 2.37 bits per heavy atom. The predicted octanol–water partition coefficient (Wildman–Crippen LogP) is 2.99. The van der Waals surface area contributed by atoms with Crippen LogP contribution in [-0.4, -0.2) is 55.8 Å². The van der Waals surface area contributed by atoms with Gasteiger partial charge in [-0.05, 0) is 61.9 Å². The van der Waals surface area contributed by atoms with Crippen LogP contribution in [0.4, 0.5) is 0 Å². The Kier molecular flexibility index (Phi) is 11.3. The number of allylic oxidation sites excluding steroid dienone is 3. The number of carbonyl (C=O) groups is 2. The van der Waals surface area contributed by atoms with Gasteiger partial charge in [0.1, 0.15) is 0 Å². The molecular formula is C23H38O7. The van der Waals surface area contributed by atoms with E-state index in [1.54, 1.807) is 6.92 Å². The third-order valence-electron chi connectivity index (χ3n) is 6.19. The van der Waals surface area contributed by atoms with Crippen molar-refractivity contribution in [1.29, 1.82) is 0 Å². The van der Waals surface area contributed by atoms with E-state index >= 15 is 0 Å². The van der Waals surface area contributed by atoms with E-state index in [0.717, 1.165) is 25.7 Å². The highest BCUT2D eigenvalue weighted by Gasteiger charge is 2.33. The SMILES string of the molecule is CCC(C)C(=O)O.C[C@H]1C=CC2=CC(O)CCC2C1CCC(O)C[C@@H](O)CC(=O)O. The van der Waals surface area contributed by atoms with E-state index in [-0.39, 0.29) is 24.9 Å². The van der Waals surface area contributed by atoms with Crippen molar-refractivity contribution in [2.75, 3.05) is 0 Å². The number of hydrogen-bond donors (Lipinski definition) is 5. The van der Waals surface area contributed by atoms with E-state index in [0.29, 0.717) is 24.2 Å². The minimum atomic E-state index is -1.05. The Morgan fingerprint density at radius 1 is 1.17 bits per heavy atom. The Hall–Kier alpha value is -1.70. The number of carboxylic acid groups (broad SMARTS) is 2. The number of aliphatic carboxylic acids is 2. The Labute approximate surface area is 179 Å². The summed E-state index contributed by atoms with van der Waals surface area (Å²) in [6.45, 7) is 5.73. The molecule has 2 aliphatic carbocycles. The maximum absolute atomic E-state index is 10.5. The van der Waals surface area contributed by atoms with Gasteiger partial charge in [-0.15, -0.1) is 0 Å². The third-order valence-corrected chi connectivity index (χ3v) is 6.19. The zero-order chi connectivity index (χ0) is 22.8. The first kappa shape index (κ1) is 26.3. The van der Waals surface area contributed by atoms with Crippen molar-refractivity contribution in [3.8, 4) is 0 Å². The van der Waals surface area contributed by atoms with Gasteiger partial charge in [0.2, 0.25) is 0 Å². The van der Waals surface area contributed by atoms with Crippen LogP contribution >= 0.6 is 0 Å². The highest BCUT2D eigenvalue weighted by atomic mass is 16.4. The first-order valence-corrected chi connectivity index (χ1v) is 10.9. The molecule has 7 atom stereocenters. The largest absolute Gasteiger partial charge is 0.481 e. The molecule has 0 aromatic heterocycles. The summed E-state index contributed by atoms with van der Waals surface area (Å²) in [5, 5.41) is 46.3. The van der Waals surface area contributed by atoms with Crippen LogP contribution in [0, 0.1) is 23.7 Å². The van der Waals surface area contributed by atoms with Crippen LogP contribution in [0.5, 0.6) is 0 Å². The summed E-state index contributed by atoms with van der Waals surface area (Å²) in [5.41, 5.74) is 1.20. The molecule has 0 bridgehead atoms. The summed E-state index contributed by atoms with van der Waals surface area (Å²) >= 11 is 0. The number of aliphatic hydroxyl groups excluding tert-OH is 3. The number of fused-ring (bicyclic) bond motifs is 1. The molecule has 5 unspecified atom stereocenters. The topological polar surface area (TPSA) is 135 Å². The van der Waals surface area contributed by atoms with Crippen LogP contribution < -0.4 is 0 Å². The van der Waals surface area contributed by atoms with Gasteiger partial charge < -0.3 is 25.5 Å². The number of rotatable bonds is 9. The molecule has 0 aromatic rings. The van der Waals surface area contributed by atoms with Crippen molar-refractivity contribution in [3.63, 3.8) is 0 Å². The molecule has 7 nitrogen and oxygen atoms in total. The summed E-state index contributed by atoms with van der Waals surface area (Å²) in [6.07, 6.45) is 7.84. The van der Waals surface area contributed by atoms with Crippen LogP contribution in [-0.2, 0) is 9.59 Å². The van der Waals surface area contributed by atoms with Gasteiger partial charge in [0, 0.05) is 0 Å². The Balaban J connectivity index is 0.000000553. The van der Waals surface area contributed by atoms with Gasteiger partial charge in [-0.3, -0.25) is 9.59 Å². The number of aliphatic hydroxyl groups is 3. The zero-order valence-corrected chi connectivity index (χ0v) is 18.3. The van der Waals surface area contributed by atoms with Crippen LogP contribution in [0.25, 0.3) is 0 Å². The molecule has 0 amide bonds. The van der Waals surface area contributed by atoms with Gasteiger partial charge in [0.25, 0.3) is 0 Å². The van der Waals surface area contributed by atoms with E-state index in [4.69, 9.17) is 10.2 Å². The predicted molar refractivity (Wildman–Crippen MR) is 114 cm³/mol. The molecule has 2 aliphatic rings. The lowest BCUT2D eigenvalue weighted by atomic mass is 9.67. The number of carboxylic acids is 2. The van der Waals surface area contributed by atoms with Crippen LogP contribution in [0.1, 0.15) is 65.7 Å². The van der Waals surface area contributed by atoms with Gasteiger partial charge in [-0.25, -0.2) is 0 Å². The van der Waals surface area contributed by atoms with Crippen molar-refractivity contribution in [3.05, 3.63) is 23.8 Å². The Bertz CT molecular complexity index is 613. The molecule has 0 radical (unpaired) electrons. The van der Waals surface area contributed by atoms with Gasteiger partial charge in [0.05, 0.1) is 30.7 Å². The lowest BCUT2D eigenvalue weighted by Crippen LogP contribution is -2.31. The van der Waals surface area contributed by atoms with Crippen LogP contribution in [0.3, 0.4) is 0 Å². The lowest BCUT2D eigenvalue weighted by Gasteiger charge is -2.38. The number of hydrogen-bond acceptors (Lipinski definition) is 5. The summed E-state index contributed by atoms with van der Waals surface area (Å²) in [7, 11) is 0. The molecule has 0 aliphatic heterocycles. The van der Waals surface area contributed by atoms with Crippen LogP contribution in [0.2, 0.25) is 0 Å². The highest BCUT2D eigenvalue weighted by Crippen LogP contribution is 2.42. The quantitative estimate of drug-likeness (QED) is 0.382. The van der Waals surface area contributed by atoms with Crippen LogP contribution in [0.15, 0.2) is 23.8 Å². The van der Waals surface area contributed by atoms with Crippen molar-refractivity contribution >= 4 is 11.9 Å². The lowest BCUT2D eigenvalue weighted by molar-refractivity contribution is -0.141. The molecule has 172 valence electrons. The zero-order valence-electron chi connectivity index (χ0n) is 18.3. The average molecular weight is 427 g/mol. The highest BCUT2D eigenvalue weighted by molar-refractivity contribution is 5.69. The van der Waals surface area contributed by atoms with E-state index in [1.165, 1.54) is 5.57 Å². The summed E-state index contributed by atoms with van der Waals surface area (Å²) in [5.74, 6) is -0.670. The fourth-order valence-electron chi connectivity index (χ4n) is 4.10. The minimum Gasteiger partial charge on any atom is -0.481 e. The molecule has 0 fully saturated rings. The molecule has 2 rings (SSSR count). The van der Waals surface area contributed by atoms with Gasteiger partial charge >= 0.3 is 11.9 Å². The fourth-order valence-corrected chi connectivity index (χ4v) is 4.10. The normalized spacial score (nSPS) is 28.3. The molecule has 0 aromatic carbocycles. The molecular weight excluding hydrogens is 388 g/mol. The summed E-state index contributed by atoms with van der Waals surface area (Å²) in [4.78, 5) is 20.5. The molecule has 5 N–H and O–H groups in total. The van der Waals surface area contributed by atoms with Gasteiger partial charge in [-0.2, -0.15) is 0 Å². The first-order valence-electron chi connectivity index (χ1n) is 10.9.